The van der Waals surface area contributed by atoms with Crippen LogP contribution in [0, 0.1) is 0 Å². The molecule has 2 aromatic rings. The standard InChI is InChI=1S/C21H23N3O5/c1-2-28-21(27)29-17-9-7-16(8-10-17)19(25)23-12-5-13-24(15-14-23)20(26)18-6-3-4-11-22-18/h3-4,6-11H,2,5,12-15H2,1H3. The molecule has 0 bridgehead atoms. The summed E-state index contributed by atoms with van der Waals surface area (Å²) in [5.74, 6) is 0.0585. The zero-order valence-electron chi connectivity index (χ0n) is 16.2. The van der Waals surface area contributed by atoms with E-state index in [9.17, 15) is 14.4 Å². The third-order valence-corrected chi connectivity index (χ3v) is 4.52. The lowest BCUT2D eigenvalue weighted by atomic mass is 10.2. The van der Waals surface area contributed by atoms with E-state index >= 15 is 0 Å². The molecule has 0 N–H and O–H groups in total. The van der Waals surface area contributed by atoms with Gasteiger partial charge < -0.3 is 19.3 Å². The van der Waals surface area contributed by atoms with Crippen molar-refractivity contribution in [3.63, 3.8) is 0 Å². The lowest BCUT2D eigenvalue weighted by Gasteiger charge is -2.22. The highest BCUT2D eigenvalue weighted by atomic mass is 16.7. The van der Waals surface area contributed by atoms with Crippen LogP contribution < -0.4 is 4.74 Å². The van der Waals surface area contributed by atoms with Gasteiger partial charge in [-0.1, -0.05) is 6.07 Å². The first kappa shape index (κ1) is 20.3. The van der Waals surface area contributed by atoms with E-state index in [1.165, 1.54) is 0 Å². The second-order valence-corrected chi connectivity index (χ2v) is 6.46. The predicted octanol–water partition coefficient (Wildman–Crippen LogP) is 2.61. The van der Waals surface area contributed by atoms with Crippen molar-refractivity contribution in [1.29, 1.82) is 0 Å². The van der Waals surface area contributed by atoms with Crippen LogP contribution in [0.5, 0.6) is 5.75 Å². The summed E-state index contributed by atoms with van der Waals surface area (Å²) in [6, 6.07) is 11.6. The summed E-state index contributed by atoms with van der Waals surface area (Å²) in [5, 5.41) is 0. The molecule has 3 rings (SSSR count). The van der Waals surface area contributed by atoms with Gasteiger partial charge in [0, 0.05) is 37.9 Å². The van der Waals surface area contributed by atoms with Crippen molar-refractivity contribution in [3.8, 4) is 5.75 Å². The molecule has 0 radical (unpaired) electrons. The molecule has 152 valence electrons. The normalized spacial score (nSPS) is 14.1. The van der Waals surface area contributed by atoms with Crippen LogP contribution in [0.25, 0.3) is 0 Å². The average Bonchev–Trinajstić information content (AvgIpc) is 3.00. The lowest BCUT2D eigenvalue weighted by Crippen LogP contribution is -2.37. The first-order valence-electron chi connectivity index (χ1n) is 9.52. The summed E-state index contributed by atoms with van der Waals surface area (Å²) in [7, 11) is 0. The highest BCUT2D eigenvalue weighted by Crippen LogP contribution is 2.16. The van der Waals surface area contributed by atoms with Crippen LogP contribution in [0.4, 0.5) is 4.79 Å². The minimum atomic E-state index is -0.781. The summed E-state index contributed by atoms with van der Waals surface area (Å²) < 4.78 is 9.72. The lowest BCUT2D eigenvalue weighted by molar-refractivity contribution is 0.0715. The van der Waals surface area contributed by atoms with E-state index in [0.29, 0.717) is 49.6 Å². The Bertz CT molecular complexity index is 854. The van der Waals surface area contributed by atoms with Gasteiger partial charge in [0.15, 0.2) is 0 Å². The fraction of sp³-hybridized carbons (Fsp3) is 0.333. The number of carbonyl (C=O) groups excluding carboxylic acids is 3. The number of ether oxygens (including phenoxy) is 2. The first-order chi connectivity index (χ1) is 14.1. The van der Waals surface area contributed by atoms with E-state index in [0.717, 1.165) is 0 Å². The minimum Gasteiger partial charge on any atom is -0.434 e. The number of rotatable bonds is 4. The maximum atomic E-state index is 12.8. The molecule has 1 fully saturated rings. The van der Waals surface area contributed by atoms with Crippen LogP contribution in [-0.4, -0.2) is 65.5 Å². The van der Waals surface area contributed by atoms with Crippen molar-refractivity contribution in [2.75, 3.05) is 32.8 Å². The monoisotopic (exact) mass is 397 g/mol. The molecule has 1 aromatic carbocycles. The first-order valence-corrected chi connectivity index (χ1v) is 9.52. The molecule has 1 saturated heterocycles. The van der Waals surface area contributed by atoms with E-state index in [-0.39, 0.29) is 18.4 Å². The molecule has 1 aliphatic rings. The fourth-order valence-electron chi connectivity index (χ4n) is 3.07. The Labute approximate surface area is 169 Å². The largest absolute Gasteiger partial charge is 0.513 e. The van der Waals surface area contributed by atoms with Crippen LogP contribution in [0.3, 0.4) is 0 Å². The van der Waals surface area contributed by atoms with Crippen molar-refractivity contribution >= 4 is 18.0 Å². The molecule has 8 heteroatoms. The Hall–Kier alpha value is -3.42. The van der Waals surface area contributed by atoms with Gasteiger partial charge in [0.25, 0.3) is 11.8 Å². The van der Waals surface area contributed by atoms with Gasteiger partial charge in [-0.05, 0) is 49.7 Å². The number of carbonyl (C=O) groups is 3. The number of pyridine rings is 1. The molecular formula is C21H23N3O5. The molecule has 1 aliphatic heterocycles. The fourth-order valence-corrected chi connectivity index (χ4v) is 3.07. The van der Waals surface area contributed by atoms with E-state index in [4.69, 9.17) is 9.47 Å². The number of benzene rings is 1. The maximum Gasteiger partial charge on any atom is 0.513 e. The molecule has 8 nitrogen and oxygen atoms in total. The SMILES string of the molecule is CCOC(=O)Oc1ccc(C(=O)N2CCCN(C(=O)c3ccccn3)CC2)cc1. The Balaban J connectivity index is 1.59. The van der Waals surface area contributed by atoms with Crippen LogP contribution in [0.2, 0.25) is 0 Å². The van der Waals surface area contributed by atoms with Gasteiger partial charge in [0.1, 0.15) is 11.4 Å². The van der Waals surface area contributed by atoms with Crippen molar-refractivity contribution in [2.45, 2.75) is 13.3 Å². The Morgan fingerprint density at radius 2 is 1.62 bits per heavy atom. The molecule has 0 atom stereocenters. The van der Waals surface area contributed by atoms with E-state index in [2.05, 4.69) is 4.98 Å². The minimum absolute atomic E-state index is 0.125. The maximum absolute atomic E-state index is 12.8. The average molecular weight is 397 g/mol. The second-order valence-electron chi connectivity index (χ2n) is 6.46. The second kappa shape index (κ2) is 9.68. The number of hydrogen-bond donors (Lipinski definition) is 0. The zero-order chi connectivity index (χ0) is 20.6. The van der Waals surface area contributed by atoms with E-state index in [1.54, 1.807) is 65.4 Å². The molecule has 2 amide bonds. The third-order valence-electron chi connectivity index (χ3n) is 4.52. The summed E-state index contributed by atoms with van der Waals surface area (Å²) in [6.45, 7) is 3.95. The summed E-state index contributed by atoms with van der Waals surface area (Å²) in [5.41, 5.74) is 0.898. The number of nitrogens with zero attached hydrogens (tertiary/aromatic N) is 3. The van der Waals surface area contributed by atoms with Gasteiger partial charge in [-0.15, -0.1) is 0 Å². The summed E-state index contributed by atoms with van der Waals surface area (Å²) in [4.78, 5) is 44.3. The van der Waals surface area contributed by atoms with Crippen LogP contribution in [-0.2, 0) is 4.74 Å². The van der Waals surface area contributed by atoms with Crippen LogP contribution in [0.1, 0.15) is 34.2 Å². The van der Waals surface area contributed by atoms with Gasteiger partial charge in [0.05, 0.1) is 6.61 Å². The molecule has 2 heterocycles. The number of aromatic nitrogens is 1. The number of hydrogen-bond acceptors (Lipinski definition) is 6. The molecule has 1 aromatic heterocycles. The quantitative estimate of drug-likeness (QED) is 0.582. The third kappa shape index (κ3) is 5.31. The van der Waals surface area contributed by atoms with E-state index < -0.39 is 6.16 Å². The van der Waals surface area contributed by atoms with Crippen molar-refractivity contribution in [3.05, 3.63) is 59.9 Å². The molecular weight excluding hydrogens is 374 g/mol. The van der Waals surface area contributed by atoms with Crippen LogP contribution >= 0.6 is 0 Å². The molecule has 0 spiro atoms. The van der Waals surface area contributed by atoms with Crippen molar-refractivity contribution in [2.24, 2.45) is 0 Å². The Morgan fingerprint density at radius 1 is 0.931 bits per heavy atom. The van der Waals surface area contributed by atoms with E-state index in [1.807, 2.05) is 0 Å². The molecule has 0 unspecified atom stereocenters. The summed E-state index contributed by atoms with van der Waals surface area (Å²) in [6.07, 6.45) is 1.50. The van der Waals surface area contributed by atoms with Gasteiger partial charge in [0.2, 0.25) is 0 Å². The predicted molar refractivity (Wildman–Crippen MR) is 105 cm³/mol. The topological polar surface area (TPSA) is 89.0 Å². The highest BCUT2D eigenvalue weighted by molar-refractivity contribution is 5.95. The highest BCUT2D eigenvalue weighted by Gasteiger charge is 2.24. The van der Waals surface area contributed by atoms with Gasteiger partial charge >= 0.3 is 6.16 Å². The molecule has 0 aliphatic carbocycles. The Morgan fingerprint density at radius 3 is 2.24 bits per heavy atom. The van der Waals surface area contributed by atoms with Crippen molar-refractivity contribution < 1.29 is 23.9 Å². The number of amides is 2. The smallest absolute Gasteiger partial charge is 0.434 e. The van der Waals surface area contributed by atoms with Gasteiger partial charge in [-0.25, -0.2) is 4.79 Å². The van der Waals surface area contributed by atoms with Gasteiger partial charge in [-0.2, -0.15) is 0 Å². The Kier molecular flexibility index (Phi) is 6.78. The van der Waals surface area contributed by atoms with Gasteiger partial charge in [-0.3, -0.25) is 14.6 Å². The van der Waals surface area contributed by atoms with Crippen LogP contribution in [0.15, 0.2) is 48.7 Å². The molecule has 0 saturated carbocycles. The molecule has 29 heavy (non-hydrogen) atoms. The summed E-state index contributed by atoms with van der Waals surface area (Å²) >= 11 is 0. The zero-order valence-corrected chi connectivity index (χ0v) is 16.2. The van der Waals surface area contributed by atoms with Crippen molar-refractivity contribution in [1.82, 2.24) is 14.8 Å².